The lowest BCUT2D eigenvalue weighted by molar-refractivity contribution is -0.137. The molecule has 0 unspecified atom stereocenters. The number of benzene rings is 1. The van der Waals surface area contributed by atoms with Gasteiger partial charge in [-0.15, -0.1) is 0 Å². The first-order chi connectivity index (χ1) is 15.1. The SMILES string of the molecule is COCCn1cc(C(=O)NCc2cc(C)on2)c(=O)n(-c2cccc(C(F)(F)F)c2)c1=O. The van der Waals surface area contributed by atoms with Gasteiger partial charge >= 0.3 is 11.9 Å². The van der Waals surface area contributed by atoms with E-state index in [1.54, 1.807) is 13.0 Å². The molecule has 0 radical (unpaired) electrons. The molecule has 2 aromatic heterocycles. The number of amides is 1. The zero-order chi connectivity index (χ0) is 23.5. The van der Waals surface area contributed by atoms with Gasteiger partial charge in [-0.3, -0.25) is 14.2 Å². The van der Waals surface area contributed by atoms with Crippen LogP contribution in [-0.4, -0.2) is 33.9 Å². The van der Waals surface area contributed by atoms with Gasteiger partial charge in [0.2, 0.25) is 0 Å². The minimum absolute atomic E-state index is 0.0304. The van der Waals surface area contributed by atoms with Gasteiger partial charge in [-0.25, -0.2) is 9.36 Å². The molecular weight excluding hydrogens is 433 g/mol. The Hall–Kier alpha value is -3.67. The fourth-order valence-corrected chi connectivity index (χ4v) is 2.92. The summed E-state index contributed by atoms with van der Waals surface area (Å²) in [6.07, 6.45) is -3.63. The zero-order valence-electron chi connectivity index (χ0n) is 17.1. The minimum atomic E-state index is -4.68. The van der Waals surface area contributed by atoms with Crippen molar-refractivity contribution >= 4 is 5.91 Å². The Balaban J connectivity index is 2.08. The Labute approximate surface area is 179 Å². The number of nitrogens with zero attached hydrogens (tertiary/aromatic N) is 3. The number of carbonyl (C=O) groups is 1. The summed E-state index contributed by atoms with van der Waals surface area (Å²) in [5.74, 6) is -0.309. The van der Waals surface area contributed by atoms with Crippen LogP contribution in [0, 0.1) is 6.92 Å². The number of hydrogen-bond acceptors (Lipinski definition) is 6. The van der Waals surface area contributed by atoms with Crippen LogP contribution < -0.4 is 16.6 Å². The first-order valence-corrected chi connectivity index (χ1v) is 9.35. The van der Waals surface area contributed by atoms with Crippen molar-refractivity contribution in [2.45, 2.75) is 26.2 Å². The summed E-state index contributed by atoms with van der Waals surface area (Å²) in [6.45, 7) is 1.64. The summed E-state index contributed by atoms with van der Waals surface area (Å²) in [7, 11) is 1.39. The quantitative estimate of drug-likeness (QED) is 0.587. The smallest absolute Gasteiger partial charge is 0.383 e. The van der Waals surface area contributed by atoms with Crippen molar-refractivity contribution in [2.75, 3.05) is 13.7 Å². The Morgan fingerprint density at radius 1 is 1.25 bits per heavy atom. The van der Waals surface area contributed by atoms with E-state index in [-0.39, 0.29) is 25.4 Å². The maximum Gasteiger partial charge on any atom is 0.416 e. The largest absolute Gasteiger partial charge is 0.416 e. The monoisotopic (exact) mass is 452 g/mol. The van der Waals surface area contributed by atoms with Crippen LogP contribution in [0.25, 0.3) is 5.69 Å². The predicted octanol–water partition coefficient (Wildman–Crippen LogP) is 1.89. The first-order valence-electron chi connectivity index (χ1n) is 9.35. The van der Waals surface area contributed by atoms with Gasteiger partial charge in [-0.1, -0.05) is 11.2 Å². The van der Waals surface area contributed by atoms with Crippen LogP contribution in [0.2, 0.25) is 0 Å². The van der Waals surface area contributed by atoms with Crippen LogP contribution in [0.15, 0.2) is 50.6 Å². The van der Waals surface area contributed by atoms with Crippen molar-refractivity contribution in [3.05, 3.63) is 79.9 Å². The van der Waals surface area contributed by atoms with E-state index in [1.807, 2.05) is 0 Å². The van der Waals surface area contributed by atoms with Crippen molar-refractivity contribution in [1.29, 1.82) is 0 Å². The molecule has 0 saturated carbocycles. The van der Waals surface area contributed by atoms with Crippen molar-refractivity contribution in [2.24, 2.45) is 0 Å². The lowest BCUT2D eigenvalue weighted by Crippen LogP contribution is -2.43. The van der Waals surface area contributed by atoms with Gasteiger partial charge < -0.3 is 14.6 Å². The maximum atomic E-state index is 13.1. The van der Waals surface area contributed by atoms with E-state index in [1.165, 1.54) is 13.2 Å². The summed E-state index contributed by atoms with van der Waals surface area (Å²) in [5, 5.41) is 6.21. The normalized spacial score (nSPS) is 11.5. The van der Waals surface area contributed by atoms with E-state index in [2.05, 4.69) is 10.5 Å². The molecule has 0 spiro atoms. The Morgan fingerprint density at radius 3 is 2.62 bits per heavy atom. The van der Waals surface area contributed by atoms with Crippen molar-refractivity contribution in [3.8, 4) is 5.69 Å². The van der Waals surface area contributed by atoms with Crippen LogP contribution in [0.1, 0.15) is 27.4 Å². The molecule has 1 N–H and O–H groups in total. The van der Waals surface area contributed by atoms with Gasteiger partial charge in [0.05, 0.1) is 30.9 Å². The number of hydrogen-bond donors (Lipinski definition) is 1. The van der Waals surface area contributed by atoms with Crippen LogP contribution in [0.3, 0.4) is 0 Å². The highest BCUT2D eigenvalue weighted by Gasteiger charge is 2.31. The minimum Gasteiger partial charge on any atom is -0.383 e. The Morgan fingerprint density at radius 2 is 2.00 bits per heavy atom. The third-order valence-corrected chi connectivity index (χ3v) is 4.47. The fraction of sp³-hybridized carbons (Fsp3) is 0.300. The highest BCUT2D eigenvalue weighted by Crippen LogP contribution is 2.29. The van der Waals surface area contributed by atoms with E-state index in [4.69, 9.17) is 9.26 Å². The van der Waals surface area contributed by atoms with Crippen LogP contribution >= 0.6 is 0 Å². The summed E-state index contributed by atoms with van der Waals surface area (Å²) in [6, 6.07) is 5.32. The zero-order valence-corrected chi connectivity index (χ0v) is 17.1. The molecule has 32 heavy (non-hydrogen) atoms. The molecule has 0 aliphatic carbocycles. The van der Waals surface area contributed by atoms with Crippen molar-refractivity contribution in [3.63, 3.8) is 0 Å². The second kappa shape index (κ2) is 9.22. The van der Waals surface area contributed by atoms with Crippen molar-refractivity contribution in [1.82, 2.24) is 19.6 Å². The second-order valence-corrected chi connectivity index (χ2v) is 6.81. The van der Waals surface area contributed by atoms with Crippen LogP contribution in [-0.2, 0) is 24.0 Å². The second-order valence-electron chi connectivity index (χ2n) is 6.81. The van der Waals surface area contributed by atoms with Crippen molar-refractivity contribution < 1.29 is 27.2 Å². The third kappa shape index (κ3) is 4.97. The molecule has 170 valence electrons. The molecule has 3 rings (SSSR count). The third-order valence-electron chi connectivity index (χ3n) is 4.47. The summed E-state index contributed by atoms with van der Waals surface area (Å²) in [4.78, 5) is 38.5. The molecule has 0 saturated heterocycles. The number of alkyl halides is 3. The van der Waals surface area contributed by atoms with E-state index >= 15 is 0 Å². The number of aryl methyl sites for hydroxylation is 1. The van der Waals surface area contributed by atoms with Gasteiger partial charge in [0, 0.05) is 19.4 Å². The lowest BCUT2D eigenvalue weighted by atomic mass is 10.2. The highest BCUT2D eigenvalue weighted by molar-refractivity contribution is 5.93. The highest BCUT2D eigenvalue weighted by atomic mass is 19.4. The van der Waals surface area contributed by atoms with Gasteiger partial charge in [0.15, 0.2) is 0 Å². The average Bonchev–Trinajstić information content (AvgIpc) is 3.16. The number of methoxy groups -OCH3 is 1. The lowest BCUT2D eigenvalue weighted by Gasteiger charge is -2.14. The molecule has 0 atom stereocenters. The maximum absolute atomic E-state index is 13.1. The standard InChI is InChI=1S/C20H19F3N4O5/c1-12-8-14(25-32-12)10-24-17(28)16-11-26(6-7-31-2)19(30)27(18(16)29)15-5-3-4-13(9-15)20(21,22)23/h3-5,8-9,11H,6-7,10H2,1-2H3,(H,24,28). The molecular formula is C20H19F3N4O5. The topological polar surface area (TPSA) is 108 Å². The molecule has 0 fully saturated rings. The van der Waals surface area contributed by atoms with E-state index < -0.39 is 34.5 Å². The molecule has 2 heterocycles. The van der Waals surface area contributed by atoms with E-state index in [9.17, 15) is 27.6 Å². The molecule has 0 bridgehead atoms. The number of nitrogens with one attached hydrogen (secondary N) is 1. The average molecular weight is 452 g/mol. The van der Waals surface area contributed by atoms with Gasteiger partial charge in [-0.05, 0) is 25.1 Å². The number of aromatic nitrogens is 3. The Bertz CT molecular complexity index is 1240. The summed E-state index contributed by atoms with van der Waals surface area (Å²) in [5.41, 5.74) is -3.35. The Kier molecular flexibility index (Phi) is 6.63. The van der Waals surface area contributed by atoms with Gasteiger partial charge in [-0.2, -0.15) is 13.2 Å². The van der Waals surface area contributed by atoms with E-state index in [0.29, 0.717) is 22.1 Å². The molecule has 0 aliphatic heterocycles. The molecule has 1 aromatic carbocycles. The fourth-order valence-electron chi connectivity index (χ4n) is 2.92. The van der Waals surface area contributed by atoms with Gasteiger partial charge in [0.1, 0.15) is 17.0 Å². The molecule has 1 amide bonds. The molecule has 0 aliphatic rings. The first kappa shape index (κ1) is 23.0. The molecule has 12 heteroatoms. The number of ether oxygens (including phenoxy) is 1. The van der Waals surface area contributed by atoms with Crippen LogP contribution in [0.5, 0.6) is 0 Å². The van der Waals surface area contributed by atoms with Crippen LogP contribution in [0.4, 0.5) is 13.2 Å². The predicted molar refractivity (Wildman–Crippen MR) is 106 cm³/mol. The summed E-state index contributed by atoms with van der Waals surface area (Å²) >= 11 is 0. The van der Waals surface area contributed by atoms with E-state index in [0.717, 1.165) is 22.9 Å². The molecule has 9 nitrogen and oxygen atoms in total. The molecule has 3 aromatic rings. The number of halogens is 3. The summed E-state index contributed by atoms with van der Waals surface area (Å²) < 4.78 is 50.8. The number of carbonyl (C=O) groups excluding carboxylic acids is 1. The number of rotatable bonds is 7. The van der Waals surface area contributed by atoms with Gasteiger partial charge in [0.25, 0.3) is 11.5 Å².